The first-order chi connectivity index (χ1) is 14.4. The molecule has 1 heterocycles. The summed E-state index contributed by atoms with van der Waals surface area (Å²) in [7, 11) is -6.86. The van der Waals surface area contributed by atoms with E-state index in [9.17, 15) is 26.4 Å². The van der Waals surface area contributed by atoms with Crippen LogP contribution in [-0.4, -0.2) is 63.7 Å². The van der Waals surface area contributed by atoms with Crippen molar-refractivity contribution in [1.29, 1.82) is 0 Å². The number of anilines is 1. The molecule has 1 amide bonds. The van der Waals surface area contributed by atoms with Crippen molar-refractivity contribution in [2.75, 3.05) is 29.9 Å². The zero-order valence-corrected chi connectivity index (χ0v) is 20.0. The first-order valence-corrected chi connectivity index (χ1v) is 13.5. The van der Waals surface area contributed by atoms with E-state index >= 15 is 0 Å². The van der Waals surface area contributed by atoms with Crippen molar-refractivity contribution in [3.8, 4) is 0 Å². The Morgan fingerprint density at radius 3 is 2.48 bits per heavy atom. The maximum Gasteiger partial charge on any atom is 0.306 e. The molecule has 1 aliphatic heterocycles. The van der Waals surface area contributed by atoms with Crippen LogP contribution in [0.2, 0.25) is 5.02 Å². The molecule has 2 atom stereocenters. The van der Waals surface area contributed by atoms with Gasteiger partial charge in [-0.1, -0.05) is 25.4 Å². The summed E-state index contributed by atoms with van der Waals surface area (Å²) in [6, 6.07) is 3.97. The smallest absolute Gasteiger partial charge is 0.306 e. The Balaban J connectivity index is 2.05. The van der Waals surface area contributed by atoms with Crippen molar-refractivity contribution in [2.45, 2.75) is 44.6 Å². The molecule has 2 rings (SSSR count). The number of halogens is 1. The minimum absolute atomic E-state index is 0.0250. The van der Waals surface area contributed by atoms with E-state index in [2.05, 4.69) is 5.32 Å². The molecule has 0 aliphatic carbocycles. The molecule has 0 radical (unpaired) electrons. The Kier molecular flexibility index (Phi) is 8.48. The topological polar surface area (TPSA) is 127 Å². The van der Waals surface area contributed by atoms with Gasteiger partial charge < -0.3 is 10.1 Å². The fourth-order valence-electron chi connectivity index (χ4n) is 3.28. The van der Waals surface area contributed by atoms with Gasteiger partial charge in [0.1, 0.15) is 0 Å². The average molecular weight is 495 g/mol. The lowest BCUT2D eigenvalue weighted by Gasteiger charge is -2.20. The highest BCUT2D eigenvalue weighted by molar-refractivity contribution is 7.91. The third-order valence-electron chi connectivity index (χ3n) is 5.00. The Labute approximate surface area is 188 Å². The maximum atomic E-state index is 12.7. The highest BCUT2D eigenvalue weighted by Crippen LogP contribution is 2.27. The first-order valence-electron chi connectivity index (χ1n) is 9.90. The van der Waals surface area contributed by atoms with Crippen molar-refractivity contribution in [3.05, 3.63) is 23.2 Å². The second-order valence-corrected chi connectivity index (χ2v) is 11.9. The van der Waals surface area contributed by atoms with E-state index in [0.717, 1.165) is 0 Å². The number of ether oxygens (including phenoxy) is 1. The molecule has 2 unspecified atom stereocenters. The molecule has 0 spiro atoms. The highest BCUT2D eigenvalue weighted by atomic mass is 35.5. The van der Waals surface area contributed by atoms with E-state index in [1.807, 2.05) is 0 Å². The summed E-state index contributed by atoms with van der Waals surface area (Å²) < 4.78 is 54.8. The van der Waals surface area contributed by atoms with Crippen molar-refractivity contribution >= 4 is 49.0 Å². The van der Waals surface area contributed by atoms with Crippen LogP contribution in [0.15, 0.2) is 23.1 Å². The standard InChI is InChI=1S/C19H27ClN2O7S2/c1-4-22(5-2)31(27,28)15-6-7-16(20)17(11-15)21-19(24)13(3)29-18(23)10-14-8-9-30(25,26)12-14/h6-7,11,13-14H,4-5,8-10,12H2,1-3H3,(H,21,24). The van der Waals surface area contributed by atoms with Crippen LogP contribution < -0.4 is 5.32 Å². The van der Waals surface area contributed by atoms with Crippen LogP contribution in [0.4, 0.5) is 5.69 Å². The third kappa shape index (κ3) is 6.64. The molecule has 174 valence electrons. The van der Waals surface area contributed by atoms with Crippen LogP contribution in [0.3, 0.4) is 0 Å². The lowest BCUT2D eigenvalue weighted by Crippen LogP contribution is -2.32. The van der Waals surface area contributed by atoms with Crippen LogP contribution in [-0.2, 0) is 34.2 Å². The van der Waals surface area contributed by atoms with Gasteiger partial charge in [0.25, 0.3) is 5.91 Å². The normalized spacial score (nSPS) is 19.2. The molecule has 1 aromatic carbocycles. The second kappa shape index (κ2) is 10.3. The number of rotatable bonds is 9. The van der Waals surface area contributed by atoms with E-state index in [0.29, 0.717) is 19.5 Å². The van der Waals surface area contributed by atoms with Crippen LogP contribution in [0.25, 0.3) is 0 Å². The summed E-state index contributed by atoms with van der Waals surface area (Å²) >= 11 is 6.10. The minimum Gasteiger partial charge on any atom is -0.453 e. The highest BCUT2D eigenvalue weighted by Gasteiger charge is 2.31. The van der Waals surface area contributed by atoms with Crippen molar-refractivity contribution in [2.24, 2.45) is 5.92 Å². The third-order valence-corrected chi connectivity index (χ3v) is 9.21. The van der Waals surface area contributed by atoms with Gasteiger partial charge in [-0.05, 0) is 37.5 Å². The van der Waals surface area contributed by atoms with Gasteiger partial charge in [0, 0.05) is 19.5 Å². The lowest BCUT2D eigenvalue weighted by molar-refractivity contribution is -0.153. The van der Waals surface area contributed by atoms with Crippen LogP contribution in [0.1, 0.15) is 33.6 Å². The number of nitrogens with zero attached hydrogens (tertiary/aromatic N) is 1. The molecule has 12 heteroatoms. The van der Waals surface area contributed by atoms with Gasteiger partial charge in [-0.25, -0.2) is 16.8 Å². The molecular formula is C19H27ClN2O7S2. The molecule has 31 heavy (non-hydrogen) atoms. The monoisotopic (exact) mass is 494 g/mol. The fraction of sp³-hybridized carbons (Fsp3) is 0.579. The largest absolute Gasteiger partial charge is 0.453 e. The van der Waals surface area contributed by atoms with Crippen molar-refractivity contribution in [1.82, 2.24) is 4.31 Å². The number of carbonyl (C=O) groups is 2. The van der Waals surface area contributed by atoms with Gasteiger partial charge in [0.2, 0.25) is 10.0 Å². The van der Waals surface area contributed by atoms with E-state index in [4.69, 9.17) is 16.3 Å². The quantitative estimate of drug-likeness (QED) is 0.520. The summed E-state index contributed by atoms with van der Waals surface area (Å²) in [5.74, 6) is -1.69. The fourth-order valence-corrected chi connectivity index (χ4v) is 6.79. The first kappa shape index (κ1) is 25.6. The van der Waals surface area contributed by atoms with E-state index in [-0.39, 0.29) is 39.4 Å². The molecule has 0 aromatic heterocycles. The second-order valence-electron chi connectivity index (χ2n) is 7.33. The number of benzene rings is 1. The number of nitrogens with one attached hydrogen (secondary N) is 1. The molecule has 1 fully saturated rings. The number of esters is 1. The predicted molar refractivity (Wildman–Crippen MR) is 117 cm³/mol. The van der Waals surface area contributed by atoms with E-state index in [1.54, 1.807) is 13.8 Å². The van der Waals surface area contributed by atoms with E-state index < -0.39 is 37.8 Å². The number of amides is 1. The SMILES string of the molecule is CCN(CC)S(=O)(=O)c1ccc(Cl)c(NC(=O)C(C)OC(=O)CC2CCS(=O)(=O)C2)c1. The van der Waals surface area contributed by atoms with Gasteiger partial charge in [-0.3, -0.25) is 9.59 Å². The Bertz CT molecular complexity index is 1040. The van der Waals surface area contributed by atoms with Crippen LogP contribution in [0.5, 0.6) is 0 Å². The number of hydrogen-bond acceptors (Lipinski definition) is 7. The zero-order chi connectivity index (χ0) is 23.4. The van der Waals surface area contributed by atoms with E-state index in [1.165, 1.54) is 29.4 Å². The molecule has 0 saturated carbocycles. The zero-order valence-electron chi connectivity index (χ0n) is 17.6. The molecular weight excluding hydrogens is 468 g/mol. The van der Waals surface area contributed by atoms with Gasteiger partial charge in [-0.2, -0.15) is 4.31 Å². The van der Waals surface area contributed by atoms with Crippen molar-refractivity contribution in [3.63, 3.8) is 0 Å². The lowest BCUT2D eigenvalue weighted by atomic mass is 10.1. The van der Waals surface area contributed by atoms with Crippen LogP contribution in [0, 0.1) is 5.92 Å². The summed E-state index contributed by atoms with van der Waals surface area (Å²) in [6.07, 6.45) is -0.874. The average Bonchev–Trinajstić information content (AvgIpc) is 3.01. The number of sulfonamides is 1. The summed E-state index contributed by atoms with van der Waals surface area (Å²) in [5, 5.41) is 2.61. The van der Waals surface area contributed by atoms with Crippen molar-refractivity contribution < 1.29 is 31.2 Å². The molecule has 1 saturated heterocycles. The number of carbonyl (C=O) groups excluding carboxylic acids is 2. The summed E-state index contributed by atoms with van der Waals surface area (Å²) in [5.41, 5.74) is 0.0738. The molecule has 1 aliphatic rings. The Morgan fingerprint density at radius 2 is 1.94 bits per heavy atom. The number of hydrogen-bond donors (Lipinski definition) is 1. The molecule has 1 N–H and O–H groups in total. The summed E-state index contributed by atoms with van der Waals surface area (Å²) in [6.45, 7) is 5.38. The van der Waals surface area contributed by atoms with Crippen LogP contribution >= 0.6 is 11.6 Å². The van der Waals surface area contributed by atoms with Gasteiger partial charge >= 0.3 is 5.97 Å². The maximum absolute atomic E-state index is 12.7. The van der Waals surface area contributed by atoms with Gasteiger partial charge in [0.15, 0.2) is 15.9 Å². The number of sulfone groups is 1. The predicted octanol–water partition coefficient (Wildman–Crippen LogP) is 2.07. The van der Waals surface area contributed by atoms with Gasteiger partial charge in [-0.15, -0.1) is 0 Å². The molecule has 0 bridgehead atoms. The molecule has 9 nitrogen and oxygen atoms in total. The van der Waals surface area contributed by atoms with Gasteiger partial charge in [0.05, 0.1) is 27.1 Å². The minimum atomic E-state index is -3.75. The Morgan fingerprint density at radius 1 is 1.29 bits per heavy atom. The molecule has 1 aromatic rings. The summed E-state index contributed by atoms with van der Waals surface area (Å²) in [4.78, 5) is 24.5. The Hall–Kier alpha value is -1.69.